The van der Waals surface area contributed by atoms with E-state index in [4.69, 9.17) is 11.6 Å². The second-order valence-electron chi connectivity index (χ2n) is 5.11. The molecule has 0 saturated heterocycles. The number of benzene rings is 2. The Kier molecular flexibility index (Phi) is 5.62. The summed E-state index contributed by atoms with van der Waals surface area (Å²) in [5, 5.41) is 25.4. The van der Waals surface area contributed by atoms with Crippen LogP contribution in [0.3, 0.4) is 0 Å². The van der Waals surface area contributed by atoms with Crippen LogP contribution < -0.4 is 5.32 Å². The number of hydrogen-bond donors (Lipinski definition) is 1. The number of aromatic nitrogens is 4. The van der Waals surface area contributed by atoms with E-state index in [2.05, 4.69) is 20.8 Å². The number of thioether (sulfide) groups is 1. The van der Waals surface area contributed by atoms with Crippen LogP contribution in [0, 0.1) is 15.9 Å². The Balaban J connectivity index is 1.69. The highest BCUT2D eigenvalue weighted by molar-refractivity contribution is 7.99. The van der Waals surface area contributed by atoms with Crippen LogP contribution in [0.25, 0.3) is 5.69 Å². The number of halogens is 2. The molecule has 3 rings (SSSR count). The Bertz CT molecular complexity index is 997. The topological polar surface area (TPSA) is 116 Å². The smallest absolute Gasteiger partial charge is 0.292 e. The van der Waals surface area contributed by atoms with Crippen LogP contribution in [0.1, 0.15) is 0 Å². The van der Waals surface area contributed by atoms with Gasteiger partial charge in [0.25, 0.3) is 5.69 Å². The average Bonchev–Trinajstić information content (AvgIpc) is 3.09. The molecule has 1 heterocycles. The molecule has 0 atom stereocenters. The van der Waals surface area contributed by atoms with Gasteiger partial charge in [-0.2, -0.15) is 4.68 Å². The number of rotatable bonds is 6. The minimum absolute atomic E-state index is 0.137. The largest absolute Gasteiger partial charge is 0.320 e. The number of nitro groups is 1. The lowest BCUT2D eigenvalue weighted by molar-refractivity contribution is -0.384. The van der Waals surface area contributed by atoms with Gasteiger partial charge in [0.1, 0.15) is 11.5 Å². The number of carbonyl (C=O) groups excluding carboxylic acids is 1. The van der Waals surface area contributed by atoms with Crippen molar-refractivity contribution in [2.45, 2.75) is 5.16 Å². The molecule has 2 aromatic carbocycles. The van der Waals surface area contributed by atoms with Crippen molar-refractivity contribution in [3.63, 3.8) is 0 Å². The molecule has 3 aromatic rings. The van der Waals surface area contributed by atoms with Gasteiger partial charge in [-0.05, 0) is 40.8 Å². The van der Waals surface area contributed by atoms with Gasteiger partial charge in [0.05, 0.1) is 16.4 Å². The third-order valence-electron chi connectivity index (χ3n) is 3.27. The van der Waals surface area contributed by atoms with Gasteiger partial charge in [0, 0.05) is 17.2 Å². The molecule has 138 valence electrons. The highest BCUT2D eigenvalue weighted by Crippen LogP contribution is 2.26. The van der Waals surface area contributed by atoms with Crippen LogP contribution in [0.4, 0.5) is 15.8 Å². The molecule has 0 fully saturated rings. The van der Waals surface area contributed by atoms with E-state index in [0.29, 0.717) is 15.9 Å². The van der Waals surface area contributed by atoms with E-state index < -0.39 is 22.3 Å². The van der Waals surface area contributed by atoms with Crippen molar-refractivity contribution in [2.75, 3.05) is 11.1 Å². The molecular weight excluding hydrogens is 399 g/mol. The van der Waals surface area contributed by atoms with Crippen LogP contribution in [-0.4, -0.2) is 36.8 Å². The van der Waals surface area contributed by atoms with E-state index in [1.165, 1.54) is 4.68 Å². The summed E-state index contributed by atoms with van der Waals surface area (Å²) in [6.45, 7) is 0. The summed E-state index contributed by atoms with van der Waals surface area (Å²) in [6, 6.07) is 9.57. The van der Waals surface area contributed by atoms with Crippen molar-refractivity contribution < 1.29 is 14.1 Å². The molecule has 0 aliphatic heterocycles. The number of tetrazole rings is 1. The number of carbonyl (C=O) groups is 1. The van der Waals surface area contributed by atoms with Gasteiger partial charge >= 0.3 is 0 Å². The van der Waals surface area contributed by atoms with E-state index >= 15 is 0 Å². The average molecular weight is 409 g/mol. The SMILES string of the molecule is O=C(CSc1nnnn1-c1ccc(Cl)cc1)Nc1cc(F)ccc1[N+](=O)[O-]. The maximum Gasteiger partial charge on any atom is 0.292 e. The van der Waals surface area contributed by atoms with Crippen LogP contribution in [0.2, 0.25) is 5.02 Å². The number of nitrogens with one attached hydrogen (secondary N) is 1. The molecule has 27 heavy (non-hydrogen) atoms. The zero-order valence-corrected chi connectivity index (χ0v) is 14.9. The zero-order valence-electron chi connectivity index (χ0n) is 13.4. The van der Waals surface area contributed by atoms with Crippen molar-refractivity contribution in [3.8, 4) is 5.69 Å². The second-order valence-corrected chi connectivity index (χ2v) is 6.48. The lowest BCUT2D eigenvalue weighted by atomic mass is 10.2. The fourth-order valence-electron chi connectivity index (χ4n) is 2.10. The third kappa shape index (κ3) is 4.57. The molecule has 0 saturated carbocycles. The van der Waals surface area contributed by atoms with Gasteiger partial charge in [-0.3, -0.25) is 14.9 Å². The first-order chi connectivity index (χ1) is 12.9. The van der Waals surface area contributed by atoms with Crippen LogP contribution in [0.15, 0.2) is 47.6 Å². The molecule has 0 radical (unpaired) electrons. The first-order valence-electron chi connectivity index (χ1n) is 7.35. The maximum atomic E-state index is 13.3. The number of nitro benzene ring substituents is 1. The molecule has 0 unspecified atom stereocenters. The van der Waals surface area contributed by atoms with E-state index in [1.807, 2.05) is 0 Å². The standard InChI is InChI=1S/C15H10ClFN6O3S/c16-9-1-4-11(5-2-9)22-15(19-20-21-22)27-8-14(24)18-12-7-10(17)3-6-13(12)23(25)26/h1-7H,8H2,(H,18,24). The summed E-state index contributed by atoms with van der Waals surface area (Å²) in [5.74, 6) is -1.41. The van der Waals surface area contributed by atoms with E-state index in [0.717, 1.165) is 30.0 Å². The number of hydrogen-bond acceptors (Lipinski definition) is 7. The summed E-state index contributed by atoms with van der Waals surface area (Å²) in [6.07, 6.45) is 0. The lowest BCUT2D eigenvalue weighted by Gasteiger charge is -2.06. The fourth-order valence-corrected chi connectivity index (χ4v) is 2.91. The molecule has 1 aromatic heterocycles. The van der Waals surface area contributed by atoms with Gasteiger partial charge < -0.3 is 5.32 Å². The highest BCUT2D eigenvalue weighted by atomic mass is 35.5. The van der Waals surface area contributed by atoms with E-state index in [9.17, 15) is 19.3 Å². The van der Waals surface area contributed by atoms with Gasteiger partial charge in [0.15, 0.2) is 0 Å². The van der Waals surface area contributed by atoms with E-state index in [-0.39, 0.29) is 11.4 Å². The van der Waals surface area contributed by atoms with Gasteiger partial charge in [0.2, 0.25) is 11.1 Å². The quantitative estimate of drug-likeness (QED) is 0.378. The minimum Gasteiger partial charge on any atom is -0.320 e. The van der Waals surface area contributed by atoms with E-state index in [1.54, 1.807) is 24.3 Å². The normalized spacial score (nSPS) is 10.6. The van der Waals surface area contributed by atoms with Crippen LogP contribution >= 0.6 is 23.4 Å². The third-order valence-corrected chi connectivity index (χ3v) is 4.45. The summed E-state index contributed by atoms with van der Waals surface area (Å²) in [7, 11) is 0. The van der Waals surface area contributed by atoms with Crippen molar-refractivity contribution in [3.05, 3.63) is 63.4 Å². The van der Waals surface area contributed by atoms with Crippen molar-refractivity contribution >= 4 is 40.6 Å². The van der Waals surface area contributed by atoms with Gasteiger partial charge in [-0.25, -0.2) is 4.39 Å². The summed E-state index contributed by atoms with van der Waals surface area (Å²) >= 11 is 6.86. The number of anilines is 1. The monoisotopic (exact) mass is 408 g/mol. The molecule has 0 aliphatic carbocycles. The molecule has 1 amide bonds. The number of nitrogens with zero attached hydrogens (tertiary/aromatic N) is 5. The minimum atomic E-state index is -0.705. The highest BCUT2D eigenvalue weighted by Gasteiger charge is 2.18. The molecular formula is C15H10ClFN6O3S. The Labute approximate surface area is 160 Å². The Morgan fingerprint density at radius 1 is 1.30 bits per heavy atom. The predicted octanol–water partition coefficient (Wildman–Crippen LogP) is 3.09. The molecule has 0 spiro atoms. The second kappa shape index (κ2) is 8.10. The molecule has 0 aliphatic rings. The lowest BCUT2D eigenvalue weighted by Crippen LogP contribution is -2.16. The van der Waals surface area contributed by atoms with Crippen molar-refractivity contribution in [1.82, 2.24) is 20.2 Å². The van der Waals surface area contributed by atoms with Crippen molar-refractivity contribution in [1.29, 1.82) is 0 Å². The molecule has 0 bridgehead atoms. The predicted molar refractivity (Wildman–Crippen MR) is 96.6 cm³/mol. The first kappa shape index (κ1) is 18.7. The Morgan fingerprint density at radius 2 is 2.04 bits per heavy atom. The van der Waals surface area contributed by atoms with Crippen LogP contribution in [-0.2, 0) is 4.79 Å². The summed E-state index contributed by atoms with van der Waals surface area (Å²) in [5.41, 5.74) is 0.0247. The molecule has 1 N–H and O–H groups in total. The first-order valence-corrected chi connectivity index (χ1v) is 8.71. The Hall–Kier alpha value is -3.05. The summed E-state index contributed by atoms with van der Waals surface area (Å²) < 4.78 is 14.7. The number of amides is 1. The Morgan fingerprint density at radius 3 is 2.74 bits per heavy atom. The van der Waals surface area contributed by atoms with Gasteiger partial charge in [-0.15, -0.1) is 5.10 Å². The molecule has 12 heteroatoms. The maximum absolute atomic E-state index is 13.3. The fraction of sp³-hybridized carbons (Fsp3) is 0.0667. The van der Waals surface area contributed by atoms with Gasteiger partial charge in [-0.1, -0.05) is 23.4 Å². The zero-order chi connectivity index (χ0) is 19.4. The molecule has 9 nitrogen and oxygen atoms in total. The summed E-state index contributed by atoms with van der Waals surface area (Å²) in [4.78, 5) is 22.4. The van der Waals surface area contributed by atoms with Crippen molar-refractivity contribution in [2.24, 2.45) is 0 Å². The van der Waals surface area contributed by atoms with Crippen LogP contribution in [0.5, 0.6) is 0 Å².